The number of hydrogen-bond acceptors (Lipinski definition) is 8. The van der Waals surface area contributed by atoms with Crippen LogP contribution in [0.15, 0.2) is 0 Å². The molecule has 10 heteroatoms. The van der Waals surface area contributed by atoms with Crippen molar-refractivity contribution in [2.24, 2.45) is 0 Å². The zero-order valence-corrected chi connectivity index (χ0v) is 24.2. The van der Waals surface area contributed by atoms with Gasteiger partial charge in [-0.1, -0.05) is 20.8 Å². The molecule has 3 saturated heterocycles. The van der Waals surface area contributed by atoms with Crippen molar-refractivity contribution in [2.75, 3.05) is 19.8 Å². The maximum absolute atomic E-state index is 13.1. The van der Waals surface area contributed by atoms with E-state index in [1.807, 2.05) is 34.6 Å². The number of carbonyl (C=O) groups excluding carboxylic acids is 1. The highest BCUT2D eigenvalue weighted by atomic mass is 28.4. The summed E-state index contributed by atoms with van der Waals surface area (Å²) in [5.41, 5.74) is -2.48. The number of amides is 1. The summed E-state index contributed by atoms with van der Waals surface area (Å²) >= 11 is 0. The van der Waals surface area contributed by atoms with E-state index in [-0.39, 0.29) is 30.4 Å². The molecule has 0 unspecified atom stereocenters. The van der Waals surface area contributed by atoms with Gasteiger partial charge in [0.2, 0.25) is 0 Å². The Morgan fingerprint density at radius 1 is 1.14 bits per heavy atom. The summed E-state index contributed by atoms with van der Waals surface area (Å²) in [6.07, 6.45) is -2.04. The summed E-state index contributed by atoms with van der Waals surface area (Å²) < 4.78 is 30.5. The highest BCUT2D eigenvalue weighted by Crippen LogP contribution is 2.44. The largest absolute Gasteiger partial charge is 0.444 e. The highest BCUT2D eigenvalue weighted by Gasteiger charge is 2.57. The van der Waals surface area contributed by atoms with E-state index >= 15 is 0 Å². The molecular weight excluding hydrogens is 470 g/mol. The first-order chi connectivity index (χ1) is 15.8. The molecule has 0 bridgehead atoms. The molecule has 0 spiro atoms. The van der Waals surface area contributed by atoms with Gasteiger partial charge in [-0.25, -0.2) is 4.79 Å². The van der Waals surface area contributed by atoms with Crippen LogP contribution in [-0.4, -0.2) is 96.7 Å². The fraction of sp³-hybridized carbons (Fsp3) is 0.960. The number of fused-ring (bicyclic) bond motifs is 1. The minimum atomic E-state index is -2.13. The standard InChI is InChI=1S/C25H47NO8Si/c1-22(2,3)33-21(29)26-16(13-31-24(26,7)8)11-25(15-27)12-17-20(32-25)19(28)18(14-30-17)34-35(9,10)23(4,5)6/h16-20,27-28H,11-15H2,1-10H3/t16-,17+,18+,19-,20-,25+/m0/s1. The first kappa shape index (κ1) is 28.8. The van der Waals surface area contributed by atoms with Gasteiger partial charge in [-0.05, 0) is 52.8 Å². The molecule has 3 aliphatic heterocycles. The number of carbonyl (C=O) groups is 1. The molecule has 0 aromatic rings. The van der Waals surface area contributed by atoms with Gasteiger partial charge >= 0.3 is 6.09 Å². The van der Waals surface area contributed by atoms with Gasteiger partial charge in [0.25, 0.3) is 0 Å². The second-order valence-electron chi connectivity index (χ2n) is 13.4. The molecule has 3 heterocycles. The molecule has 0 saturated carbocycles. The number of aliphatic hydroxyl groups excluding tert-OH is 2. The number of ether oxygens (including phenoxy) is 4. The molecule has 0 aliphatic carbocycles. The van der Waals surface area contributed by atoms with Crippen LogP contribution in [0.1, 0.15) is 68.2 Å². The van der Waals surface area contributed by atoms with Gasteiger partial charge in [0.1, 0.15) is 23.5 Å². The SMILES string of the molecule is CC(C)(C)OC(=O)N1[C@@H](C[C@]2(CO)C[C@H]3OC[C@@H](O[Si](C)(C)C(C)(C)C)[C@H](O)[C@H]3O2)COC1(C)C. The van der Waals surface area contributed by atoms with Crippen LogP contribution in [0, 0.1) is 0 Å². The molecule has 3 fully saturated rings. The van der Waals surface area contributed by atoms with Crippen LogP contribution >= 0.6 is 0 Å². The van der Waals surface area contributed by atoms with E-state index in [9.17, 15) is 15.0 Å². The van der Waals surface area contributed by atoms with Crippen molar-refractivity contribution in [3.05, 3.63) is 0 Å². The Kier molecular flexibility index (Phi) is 7.84. The smallest absolute Gasteiger partial charge is 0.412 e. The monoisotopic (exact) mass is 517 g/mol. The van der Waals surface area contributed by atoms with E-state index in [1.54, 1.807) is 4.90 Å². The predicted octanol–water partition coefficient (Wildman–Crippen LogP) is 3.42. The maximum atomic E-state index is 13.1. The van der Waals surface area contributed by atoms with Gasteiger partial charge in [0, 0.05) is 12.8 Å². The third kappa shape index (κ3) is 6.05. The van der Waals surface area contributed by atoms with Gasteiger partial charge in [-0.3, -0.25) is 4.90 Å². The average molecular weight is 518 g/mol. The lowest BCUT2D eigenvalue weighted by atomic mass is 9.89. The van der Waals surface area contributed by atoms with Crippen molar-refractivity contribution in [3.63, 3.8) is 0 Å². The lowest BCUT2D eigenvalue weighted by Gasteiger charge is -2.44. The van der Waals surface area contributed by atoms with Crippen LogP contribution in [0.25, 0.3) is 0 Å². The first-order valence-corrected chi connectivity index (χ1v) is 15.6. The van der Waals surface area contributed by atoms with E-state index in [4.69, 9.17) is 23.4 Å². The van der Waals surface area contributed by atoms with Crippen LogP contribution in [0.4, 0.5) is 4.79 Å². The third-order valence-corrected chi connectivity index (χ3v) is 12.3. The fourth-order valence-corrected chi connectivity index (χ4v) is 6.29. The Hall–Kier alpha value is -0.753. The van der Waals surface area contributed by atoms with E-state index < -0.39 is 49.6 Å². The summed E-state index contributed by atoms with van der Waals surface area (Å²) in [7, 11) is -2.13. The molecule has 0 aromatic heterocycles. The van der Waals surface area contributed by atoms with Crippen molar-refractivity contribution >= 4 is 14.4 Å². The topological polar surface area (TPSA) is 107 Å². The lowest BCUT2D eigenvalue weighted by molar-refractivity contribution is -0.189. The summed E-state index contributed by atoms with van der Waals surface area (Å²) in [6.45, 7) is 20.2. The molecular formula is C25H47NO8Si. The molecule has 35 heavy (non-hydrogen) atoms. The summed E-state index contributed by atoms with van der Waals surface area (Å²) in [5, 5.41) is 21.7. The molecule has 1 amide bonds. The van der Waals surface area contributed by atoms with Crippen molar-refractivity contribution in [1.29, 1.82) is 0 Å². The molecule has 6 atom stereocenters. The van der Waals surface area contributed by atoms with E-state index in [0.29, 0.717) is 19.4 Å². The van der Waals surface area contributed by atoms with Crippen LogP contribution in [0.5, 0.6) is 0 Å². The molecule has 3 rings (SSSR count). The molecule has 9 nitrogen and oxygen atoms in total. The van der Waals surface area contributed by atoms with E-state index in [0.717, 1.165) is 0 Å². The van der Waals surface area contributed by atoms with E-state index in [1.165, 1.54) is 0 Å². The maximum Gasteiger partial charge on any atom is 0.412 e. The van der Waals surface area contributed by atoms with Crippen molar-refractivity contribution < 1.29 is 38.4 Å². The number of hydrogen-bond donors (Lipinski definition) is 2. The van der Waals surface area contributed by atoms with Crippen LogP contribution in [0.2, 0.25) is 18.1 Å². The van der Waals surface area contributed by atoms with Gasteiger partial charge < -0.3 is 33.6 Å². The predicted molar refractivity (Wildman–Crippen MR) is 134 cm³/mol. The minimum absolute atomic E-state index is 0.00461. The lowest BCUT2D eigenvalue weighted by Crippen LogP contribution is -2.57. The number of aliphatic hydroxyl groups is 2. The van der Waals surface area contributed by atoms with Crippen LogP contribution < -0.4 is 0 Å². The van der Waals surface area contributed by atoms with Crippen molar-refractivity contribution in [1.82, 2.24) is 4.90 Å². The quantitative estimate of drug-likeness (QED) is 0.534. The Labute approximate surface area is 211 Å². The summed E-state index contributed by atoms with van der Waals surface area (Å²) in [6, 6.07) is -0.358. The molecule has 0 aromatic carbocycles. The average Bonchev–Trinajstić information content (AvgIpc) is 3.19. The highest BCUT2D eigenvalue weighted by molar-refractivity contribution is 6.74. The van der Waals surface area contributed by atoms with Crippen molar-refractivity contribution in [2.45, 2.75) is 134 Å². The Morgan fingerprint density at radius 2 is 1.77 bits per heavy atom. The minimum Gasteiger partial charge on any atom is -0.444 e. The van der Waals surface area contributed by atoms with Gasteiger partial charge in [0.05, 0.1) is 43.7 Å². The molecule has 0 radical (unpaired) electrons. The summed E-state index contributed by atoms with van der Waals surface area (Å²) in [4.78, 5) is 14.7. The first-order valence-electron chi connectivity index (χ1n) is 12.7. The van der Waals surface area contributed by atoms with Crippen LogP contribution in [0.3, 0.4) is 0 Å². The van der Waals surface area contributed by atoms with Gasteiger partial charge in [0.15, 0.2) is 8.32 Å². The zero-order valence-electron chi connectivity index (χ0n) is 23.2. The molecule has 3 aliphatic rings. The summed E-state index contributed by atoms with van der Waals surface area (Å²) in [5.74, 6) is 0. The third-order valence-electron chi connectivity index (χ3n) is 7.83. The second kappa shape index (κ2) is 9.52. The van der Waals surface area contributed by atoms with Crippen molar-refractivity contribution in [3.8, 4) is 0 Å². The Balaban J connectivity index is 1.75. The number of rotatable bonds is 5. The zero-order chi connectivity index (χ0) is 26.6. The normalized spacial score (nSPS) is 35.8. The Morgan fingerprint density at radius 3 is 2.31 bits per heavy atom. The molecule has 2 N–H and O–H groups in total. The second-order valence-corrected chi connectivity index (χ2v) is 18.1. The van der Waals surface area contributed by atoms with Gasteiger partial charge in [-0.2, -0.15) is 0 Å². The van der Waals surface area contributed by atoms with Crippen LogP contribution in [-0.2, 0) is 23.4 Å². The Bertz CT molecular complexity index is 776. The van der Waals surface area contributed by atoms with Gasteiger partial charge in [-0.15, -0.1) is 0 Å². The van der Waals surface area contributed by atoms with E-state index in [2.05, 4.69) is 33.9 Å². The fourth-order valence-electron chi connectivity index (χ4n) is 4.97. The number of nitrogens with zero attached hydrogens (tertiary/aromatic N) is 1. The molecule has 204 valence electrons.